The van der Waals surface area contributed by atoms with Gasteiger partial charge in [0.2, 0.25) is 0 Å². The molecule has 29 heavy (non-hydrogen) atoms. The van der Waals surface area contributed by atoms with E-state index in [0.29, 0.717) is 60.6 Å². The van der Waals surface area contributed by atoms with E-state index in [1.165, 1.54) is 18.3 Å². The van der Waals surface area contributed by atoms with Crippen LogP contribution in [-0.4, -0.2) is 60.2 Å². The average molecular weight is 420 g/mol. The molecule has 2 aliphatic heterocycles. The van der Waals surface area contributed by atoms with Gasteiger partial charge in [0.25, 0.3) is 5.91 Å². The fourth-order valence-electron chi connectivity index (χ4n) is 3.72. The SMILES string of the molecule is COC1CCN(C(=O)c2cnc3c(n2)N(Cc2cc(Cl)ccc2F)CCN3)CC1. The molecule has 1 aromatic heterocycles. The monoisotopic (exact) mass is 419 g/mol. The highest BCUT2D eigenvalue weighted by Gasteiger charge is 2.27. The third-order valence-corrected chi connectivity index (χ3v) is 5.61. The number of aromatic nitrogens is 2. The number of benzene rings is 1. The molecule has 2 aliphatic rings. The quantitative estimate of drug-likeness (QED) is 0.821. The summed E-state index contributed by atoms with van der Waals surface area (Å²) in [5, 5.41) is 3.66. The second kappa shape index (κ2) is 8.51. The van der Waals surface area contributed by atoms with Crippen LogP contribution in [-0.2, 0) is 11.3 Å². The van der Waals surface area contributed by atoms with E-state index >= 15 is 0 Å². The van der Waals surface area contributed by atoms with Crippen molar-refractivity contribution in [1.82, 2.24) is 14.9 Å². The molecule has 0 saturated carbocycles. The number of carbonyl (C=O) groups excluding carboxylic acids is 1. The number of nitrogens with zero attached hydrogens (tertiary/aromatic N) is 4. The summed E-state index contributed by atoms with van der Waals surface area (Å²) in [6, 6.07) is 4.49. The van der Waals surface area contributed by atoms with E-state index < -0.39 is 0 Å². The van der Waals surface area contributed by atoms with Crippen LogP contribution in [0.3, 0.4) is 0 Å². The summed E-state index contributed by atoms with van der Waals surface area (Å²) in [5.74, 6) is 0.673. The second-order valence-corrected chi connectivity index (χ2v) is 7.68. The molecule has 0 bridgehead atoms. The van der Waals surface area contributed by atoms with Gasteiger partial charge in [-0.3, -0.25) is 4.79 Å². The van der Waals surface area contributed by atoms with Crippen LogP contribution in [0, 0.1) is 5.82 Å². The minimum Gasteiger partial charge on any atom is -0.381 e. The maximum atomic E-state index is 14.2. The summed E-state index contributed by atoms with van der Waals surface area (Å²) in [6.07, 6.45) is 3.31. The van der Waals surface area contributed by atoms with Gasteiger partial charge < -0.3 is 19.9 Å². The lowest BCUT2D eigenvalue weighted by Gasteiger charge is -2.32. The summed E-state index contributed by atoms with van der Waals surface area (Å²) in [4.78, 5) is 25.6. The predicted molar refractivity (Wildman–Crippen MR) is 109 cm³/mol. The lowest BCUT2D eigenvalue weighted by molar-refractivity contribution is 0.0347. The standard InChI is InChI=1S/C20H23ClFN5O2/c1-29-15-4-7-26(8-5-15)20(28)17-11-24-18-19(25-17)27(9-6-23-18)12-13-10-14(21)2-3-16(13)22/h2-3,10-11,15H,4-9,12H2,1H3,(H,23,24). The van der Waals surface area contributed by atoms with Gasteiger partial charge in [-0.15, -0.1) is 0 Å². The van der Waals surface area contributed by atoms with Crippen LogP contribution in [0.4, 0.5) is 16.0 Å². The van der Waals surface area contributed by atoms with E-state index in [1.807, 2.05) is 4.90 Å². The maximum absolute atomic E-state index is 14.2. The molecular weight excluding hydrogens is 397 g/mol. The van der Waals surface area contributed by atoms with Crippen molar-refractivity contribution >= 4 is 29.1 Å². The number of fused-ring (bicyclic) bond motifs is 1. The van der Waals surface area contributed by atoms with Gasteiger partial charge in [0.15, 0.2) is 11.6 Å². The fraction of sp³-hybridized carbons (Fsp3) is 0.450. The Labute approximate surface area is 173 Å². The Hall–Kier alpha value is -2.45. The second-order valence-electron chi connectivity index (χ2n) is 7.24. The van der Waals surface area contributed by atoms with Crippen LogP contribution in [0.15, 0.2) is 24.4 Å². The molecule has 1 N–H and O–H groups in total. The number of ether oxygens (including phenoxy) is 1. The Morgan fingerprint density at radius 2 is 2.14 bits per heavy atom. The number of likely N-dealkylation sites (tertiary alicyclic amines) is 1. The maximum Gasteiger partial charge on any atom is 0.274 e. The van der Waals surface area contributed by atoms with Crippen molar-refractivity contribution in [1.29, 1.82) is 0 Å². The summed E-state index contributed by atoms with van der Waals surface area (Å²) in [5.41, 5.74) is 0.769. The van der Waals surface area contributed by atoms with E-state index in [0.717, 1.165) is 12.8 Å². The zero-order valence-corrected chi connectivity index (χ0v) is 17.0. The van der Waals surface area contributed by atoms with Crippen LogP contribution in [0.5, 0.6) is 0 Å². The zero-order chi connectivity index (χ0) is 20.4. The Kier molecular flexibility index (Phi) is 5.82. The lowest BCUT2D eigenvalue weighted by Crippen LogP contribution is -2.41. The molecule has 1 amide bonds. The molecule has 0 spiro atoms. The van der Waals surface area contributed by atoms with Crippen molar-refractivity contribution in [2.75, 3.05) is 43.5 Å². The Balaban J connectivity index is 1.55. The zero-order valence-electron chi connectivity index (χ0n) is 16.2. The molecule has 7 nitrogen and oxygen atoms in total. The number of nitrogens with one attached hydrogen (secondary N) is 1. The minimum absolute atomic E-state index is 0.144. The van der Waals surface area contributed by atoms with E-state index in [1.54, 1.807) is 18.1 Å². The van der Waals surface area contributed by atoms with Crippen LogP contribution in [0.25, 0.3) is 0 Å². The van der Waals surface area contributed by atoms with Crippen molar-refractivity contribution < 1.29 is 13.9 Å². The summed E-state index contributed by atoms with van der Waals surface area (Å²) < 4.78 is 19.6. The van der Waals surface area contributed by atoms with Gasteiger partial charge in [0.1, 0.15) is 11.5 Å². The molecule has 1 saturated heterocycles. The van der Waals surface area contributed by atoms with Gasteiger partial charge in [-0.1, -0.05) is 11.6 Å². The first-order chi connectivity index (χ1) is 14.0. The van der Waals surface area contributed by atoms with Crippen molar-refractivity contribution in [3.8, 4) is 0 Å². The largest absolute Gasteiger partial charge is 0.381 e. The molecular formula is C20H23ClFN5O2. The highest BCUT2D eigenvalue weighted by molar-refractivity contribution is 6.30. The van der Waals surface area contributed by atoms with Crippen molar-refractivity contribution in [2.24, 2.45) is 0 Å². The number of carbonyl (C=O) groups is 1. The first kappa shape index (κ1) is 19.8. The molecule has 0 aliphatic carbocycles. The molecule has 0 radical (unpaired) electrons. The van der Waals surface area contributed by atoms with E-state index in [2.05, 4.69) is 15.3 Å². The Morgan fingerprint density at radius 3 is 2.90 bits per heavy atom. The van der Waals surface area contributed by atoms with Crippen LogP contribution >= 0.6 is 11.6 Å². The van der Waals surface area contributed by atoms with Crippen molar-refractivity contribution in [2.45, 2.75) is 25.5 Å². The smallest absolute Gasteiger partial charge is 0.274 e. The molecule has 3 heterocycles. The number of methoxy groups -OCH3 is 1. The number of halogens is 2. The Bertz CT molecular complexity index is 904. The van der Waals surface area contributed by atoms with E-state index in [-0.39, 0.29) is 17.8 Å². The Morgan fingerprint density at radius 1 is 1.34 bits per heavy atom. The number of amides is 1. The predicted octanol–water partition coefficient (Wildman–Crippen LogP) is 2.95. The van der Waals surface area contributed by atoms with Crippen LogP contribution in [0.2, 0.25) is 5.02 Å². The third kappa shape index (κ3) is 4.28. The van der Waals surface area contributed by atoms with Crippen molar-refractivity contribution in [3.63, 3.8) is 0 Å². The topological polar surface area (TPSA) is 70.6 Å². The number of hydrogen-bond acceptors (Lipinski definition) is 6. The molecule has 0 atom stereocenters. The van der Waals surface area contributed by atoms with Gasteiger partial charge in [0, 0.05) is 50.4 Å². The molecule has 154 valence electrons. The van der Waals surface area contributed by atoms with Gasteiger partial charge >= 0.3 is 0 Å². The molecule has 1 aromatic carbocycles. The van der Waals surface area contributed by atoms with Crippen LogP contribution in [0.1, 0.15) is 28.9 Å². The summed E-state index contributed by atoms with van der Waals surface area (Å²) in [7, 11) is 1.70. The first-order valence-electron chi connectivity index (χ1n) is 9.67. The lowest BCUT2D eigenvalue weighted by atomic mass is 10.1. The first-order valence-corrected chi connectivity index (χ1v) is 10.0. The third-order valence-electron chi connectivity index (χ3n) is 5.38. The van der Waals surface area contributed by atoms with Crippen molar-refractivity contribution in [3.05, 3.63) is 46.5 Å². The number of anilines is 2. The van der Waals surface area contributed by atoms with Gasteiger partial charge in [-0.05, 0) is 31.0 Å². The highest BCUT2D eigenvalue weighted by Crippen LogP contribution is 2.28. The molecule has 2 aromatic rings. The number of piperidine rings is 1. The average Bonchev–Trinajstić information content (AvgIpc) is 2.76. The van der Waals surface area contributed by atoms with Gasteiger partial charge in [-0.2, -0.15) is 0 Å². The normalized spacial score (nSPS) is 17.1. The van der Waals surface area contributed by atoms with Crippen LogP contribution < -0.4 is 10.2 Å². The summed E-state index contributed by atoms with van der Waals surface area (Å²) in [6.45, 7) is 2.83. The number of rotatable bonds is 4. The molecule has 0 unspecified atom stereocenters. The number of hydrogen-bond donors (Lipinski definition) is 1. The summed E-state index contributed by atoms with van der Waals surface area (Å²) >= 11 is 6.02. The molecule has 1 fully saturated rings. The van der Waals surface area contributed by atoms with Gasteiger partial charge in [-0.25, -0.2) is 14.4 Å². The van der Waals surface area contributed by atoms with Gasteiger partial charge in [0.05, 0.1) is 12.3 Å². The highest BCUT2D eigenvalue weighted by atomic mass is 35.5. The minimum atomic E-state index is -0.323. The molecule has 4 rings (SSSR count). The molecule has 9 heteroatoms. The van der Waals surface area contributed by atoms with E-state index in [4.69, 9.17) is 16.3 Å². The van der Waals surface area contributed by atoms with E-state index in [9.17, 15) is 9.18 Å². The fourth-order valence-corrected chi connectivity index (χ4v) is 3.92.